The maximum absolute atomic E-state index is 15.0. The van der Waals surface area contributed by atoms with Crippen LogP contribution in [0.5, 0.6) is 5.75 Å². The second-order valence-electron chi connectivity index (χ2n) is 15.4. The Bertz CT molecular complexity index is 1970. The number of carbonyl (C=O) groups excluding carboxylic acids is 3. The van der Waals surface area contributed by atoms with Crippen LogP contribution in [0.4, 0.5) is 4.79 Å². The Morgan fingerprint density at radius 2 is 1.76 bits per heavy atom. The van der Waals surface area contributed by atoms with E-state index in [1.54, 1.807) is 7.11 Å². The van der Waals surface area contributed by atoms with Gasteiger partial charge in [0.1, 0.15) is 18.0 Å². The zero-order chi connectivity index (χ0) is 34.1. The SMILES string of the molecule is COc1ccc2c(c1)[C@H]1C[C@@]1(C(=O)N1C(=O)OC[C@H]1Cc1ccccc1)Cn1c-2c(C2CCCCC2)c2ccc(C(=O)OC(C)(C)C)cc21. The molecule has 2 aliphatic carbocycles. The van der Waals surface area contributed by atoms with Gasteiger partial charge in [0, 0.05) is 28.9 Å². The molecule has 2 saturated carbocycles. The van der Waals surface area contributed by atoms with Crippen LogP contribution in [-0.2, 0) is 27.2 Å². The smallest absolute Gasteiger partial charge is 0.417 e. The number of rotatable bonds is 6. The molecule has 0 bridgehead atoms. The lowest BCUT2D eigenvalue weighted by Crippen LogP contribution is -2.46. The summed E-state index contributed by atoms with van der Waals surface area (Å²) in [5.41, 5.74) is 5.54. The summed E-state index contributed by atoms with van der Waals surface area (Å²) in [6.07, 6.45) is 6.34. The second-order valence-corrected chi connectivity index (χ2v) is 15.4. The van der Waals surface area contributed by atoms with Crippen LogP contribution in [0, 0.1) is 5.41 Å². The summed E-state index contributed by atoms with van der Waals surface area (Å²) in [4.78, 5) is 43.1. The van der Waals surface area contributed by atoms with E-state index in [1.807, 2.05) is 69.3 Å². The Kier molecular flexibility index (Phi) is 7.61. The van der Waals surface area contributed by atoms with Gasteiger partial charge in [-0.05, 0) is 99.4 Å². The van der Waals surface area contributed by atoms with E-state index in [2.05, 4.69) is 22.8 Å². The molecule has 3 heterocycles. The van der Waals surface area contributed by atoms with Crippen molar-refractivity contribution in [3.63, 3.8) is 0 Å². The highest BCUT2D eigenvalue weighted by molar-refractivity contribution is 6.02. The highest BCUT2D eigenvalue weighted by atomic mass is 16.6. The molecule has 0 radical (unpaired) electrons. The van der Waals surface area contributed by atoms with Gasteiger partial charge < -0.3 is 18.8 Å². The van der Waals surface area contributed by atoms with E-state index in [0.29, 0.717) is 30.9 Å². The average molecular weight is 661 g/mol. The van der Waals surface area contributed by atoms with Crippen LogP contribution in [0.15, 0.2) is 66.7 Å². The molecule has 2 amide bonds. The van der Waals surface area contributed by atoms with E-state index in [1.165, 1.54) is 29.7 Å². The Morgan fingerprint density at radius 1 is 0.980 bits per heavy atom. The van der Waals surface area contributed by atoms with Gasteiger partial charge in [-0.3, -0.25) is 4.79 Å². The number of cyclic esters (lactones) is 1. The van der Waals surface area contributed by atoms with Crippen LogP contribution in [0.25, 0.3) is 22.2 Å². The molecule has 0 spiro atoms. The van der Waals surface area contributed by atoms with Gasteiger partial charge in [0.15, 0.2) is 0 Å². The van der Waals surface area contributed by atoms with Crippen LogP contribution in [0.2, 0.25) is 0 Å². The maximum Gasteiger partial charge on any atom is 0.417 e. The molecule has 254 valence electrons. The zero-order valence-electron chi connectivity index (χ0n) is 28.8. The first-order valence-electron chi connectivity index (χ1n) is 17.7. The second kappa shape index (κ2) is 11.8. The lowest BCUT2D eigenvalue weighted by molar-refractivity contribution is -0.135. The quantitative estimate of drug-likeness (QED) is 0.193. The van der Waals surface area contributed by atoms with E-state index >= 15 is 0 Å². The number of aromatic nitrogens is 1. The molecule has 0 unspecified atom stereocenters. The molecule has 1 saturated heterocycles. The van der Waals surface area contributed by atoms with Gasteiger partial charge in [-0.25, -0.2) is 14.5 Å². The maximum atomic E-state index is 15.0. The third kappa shape index (κ3) is 5.40. The number of imide groups is 1. The topological polar surface area (TPSA) is 87.1 Å². The van der Waals surface area contributed by atoms with E-state index in [4.69, 9.17) is 14.2 Å². The van der Waals surface area contributed by atoms with E-state index < -0.39 is 17.1 Å². The third-order valence-corrected chi connectivity index (χ3v) is 11.1. The summed E-state index contributed by atoms with van der Waals surface area (Å²) >= 11 is 0. The molecular weight excluding hydrogens is 616 g/mol. The molecule has 3 fully saturated rings. The van der Waals surface area contributed by atoms with Crippen LogP contribution in [-0.4, -0.2) is 52.8 Å². The molecular formula is C41H44N2O6. The van der Waals surface area contributed by atoms with E-state index in [0.717, 1.165) is 51.9 Å². The molecule has 8 nitrogen and oxygen atoms in total. The van der Waals surface area contributed by atoms with Crippen molar-refractivity contribution in [3.8, 4) is 17.0 Å². The lowest BCUT2D eigenvalue weighted by Gasteiger charge is -2.26. The minimum Gasteiger partial charge on any atom is -0.497 e. The molecule has 3 atom stereocenters. The number of ether oxygens (including phenoxy) is 3. The summed E-state index contributed by atoms with van der Waals surface area (Å²) in [6.45, 7) is 6.18. The number of benzene rings is 3. The minimum atomic E-state index is -0.859. The van der Waals surface area contributed by atoms with Crippen molar-refractivity contribution < 1.29 is 28.6 Å². The predicted molar refractivity (Wildman–Crippen MR) is 187 cm³/mol. The van der Waals surface area contributed by atoms with Crippen LogP contribution >= 0.6 is 0 Å². The predicted octanol–water partition coefficient (Wildman–Crippen LogP) is 8.40. The number of carbonyl (C=O) groups is 3. The highest BCUT2D eigenvalue weighted by Gasteiger charge is 2.65. The van der Waals surface area contributed by atoms with Gasteiger partial charge in [0.2, 0.25) is 5.91 Å². The Morgan fingerprint density at radius 3 is 2.49 bits per heavy atom. The number of amides is 2. The third-order valence-electron chi connectivity index (χ3n) is 11.1. The highest BCUT2D eigenvalue weighted by Crippen LogP contribution is 2.66. The number of hydrogen-bond acceptors (Lipinski definition) is 6. The Labute approximate surface area is 287 Å². The fourth-order valence-electron chi connectivity index (χ4n) is 8.73. The van der Waals surface area contributed by atoms with Gasteiger partial charge in [0.05, 0.1) is 29.8 Å². The Balaban J connectivity index is 1.30. The molecule has 2 aliphatic heterocycles. The number of hydrogen-bond donors (Lipinski definition) is 0. The summed E-state index contributed by atoms with van der Waals surface area (Å²) in [5.74, 6) is 0.442. The number of methoxy groups -OCH3 is 1. The monoisotopic (exact) mass is 660 g/mol. The van der Waals surface area contributed by atoms with Gasteiger partial charge in [-0.1, -0.05) is 55.7 Å². The normalized spacial score (nSPS) is 23.3. The molecule has 8 heteroatoms. The van der Waals surface area contributed by atoms with Gasteiger partial charge in [0.25, 0.3) is 0 Å². The first-order valence-corrected chi connectivity index (χ1v) is 17.7. The summed E-state index contributed by atoms with van der Waals surface area (Å²) in [5, 5.41) is 1.11. The first kappa shape index (κ1) is 31.7. The summed E-state index contributed by atoms with van der Waals surface area (Å²) in [7, 11) is 1.67. The van der Waals surface area contributed by atoms with Crippen molar-refractivity contribution in [2.45, 2.75) is 95.7 Å². The van der Waals surface area contributed by atoms with Crippen molar-refractivity contribution in [1.82, 2.24) is 9.47 Å². The molecule has 0 N–H and O–H groups in total. The lowest BCUT2D eigenvalue weighted by atomic mass is 9.81. The fraction of sp³-hybridized carbons (Fsp3) is 0.439. The Hall–Kier alpha value is -4.59. The van der Waals surface area contributed by atoms with E-state index in [9.17, 15) is 14.4 Å². The van der Waals surface area contributed by atoms with Crippen molar-refractivity contribution in [2.75, 3.05) is 13.7 Å². The number of fused-ring (bicyclic) bond motifs is 7. The minimum absolute atomic E-state index is 0.0981. The molecule has 3 aromatic carbocycles. The number of esters is 1. The van der Waals surface area contributed by atoms with Crippen LogP contribution in [0.3, 0.4) is 0 Å². The standard InChI is InChI=1S/C41H44N2O6/c1-40(2,3)49-37(44)27-15-17-31-34(20-27)42-24-41(38(45)43-28(23-48-39(43)46)19-25-11-7-5-8-12-25)22-33(41)32-21-29(47-4)16-18-30(32)36(42)35(31)26-13-9-6-10-14-26/h5,7-8,11-12,15-18,20-21,26,28,33H,6,9-10,13-14,19,22-24H2,1-4H3/t28-,33-,41-/m1/s1. The molecule has 49 heavy (non-hydrogen) atoms. The summed E-state index contributed by atoms with van der Waals surface area (Å²) in [6, 6.07) is 21.7. The fourth-order valence-corrected chi connectivity index (χ4v) is 8.73. The first-order chi connectivity index (χ1) is 23.6. The van der Waals surface area contributed by atoms with Crippen LogP contribution in [0.1, 0.15) is 98.2 Å². The molecule has 4 aliphatic rings. The number of nitrogens with zero attached hydrogens (tertiary/aromatic N) is 2. The van der Waals surface area contributed by atoms with Crippen molar-refractivity contribution in [1.29, 1.82) is 0 Å². The molecule has 8 rings (SSSR count). The largest absolute Gasteiger partial charge is 0.497 e. The van der Waals surface area contributed by atoms with Crippen molar-refractivity contribution >= 4 is 28.9 Å². The van der Waals surface area contributed by atoms with Crippen molar-refractivity contribution in [2.24, 2.45) is 5.41 Å². The van der Waals surface area contributed by atoms with Crippen LogP contribution < -0.4 is 4.74 Å². The zero-order valence-corrected chi connectivity index (χ0v) is 28.8. The molecule has 4 aromatic rings. The van der Waals surface area contributed by atoms with Gasteiger partial charge in [-0.15, -0.1) is 0 Å². The molecule has 1 aromatic heterocycles. The average Bonchev–Trinajstić information content (AvgIpc) is 3.63. The summed E-state index contributed by atoms with van der Waals surface area (Å²) < 4.78 is 19.4. The van der Waals surface area contributed by atoms with Crippen molar-refractivity contribution in [3.05, 3.63) is 89.0 Å². The van der Waals surface area contributed by atoms with E-state index in [-0.39, 0.29) is 30.4 Å². The van der Waals surface area contributed by atoms with Gasteiger partial charge in [-0.2, -0.15) is 0 Å². The van der Waals surface area contributed by atoms with Gasteiger partial charge >= 0.3 is 12.1 Å².